The zero-order chi connectivity index (χ0) is 15.1. The number of nitrogens with zero attached hydrogens (tertiary/aromatic N) is 2. The van der Waals surface area contributed by atoms with Crippen LogP contribution >= 0.6 is 0 Å². The fourth-order valence-electron chi connectivity index (χ4n) is 2.79. The minimum Gasteiger partial charge on any atom is -0.253 e. The van der Waals surface area contributed by atoms with Gasteiger partial charge in [-0.2, -0.15) is 0 Å². The van der Waals surface area contributed by atoms with Crippen LogP contribution in [0.2, 0.25) is 0 Å². The van der Waals surface area contributed by atoms with E-state index in [4.69, 9.17) is 0 Å². The summed E-state index contributed by atoms with van der Waals surface area (Å²) in [6, 6.07) is 17.0. The molecule has 4 rings (SSSR count). The third kappa shape index (κ3) is 2.04. The maximum absolute atomic E-state index is 4.61. The Morgan fingerprint density at radius 1 is 0.545 bits per heavy atom. The van der Waals surface area contributed by atoms with E-state index >= 15 is 0 Å². The summed E-state index contributed by atoms with van der Waals surface area (Å²) < 4.78 is 0. The molecule has 22 heavy (non-hydrogen) atoms. The zero-order valence-electron chi connectivity index (χ0n) is 12.7. The van der Waals surface area contributed by atoms with Gasteiger partial charge in [0.05, 0.1) is 11.4 Å². The van der Waals surface area contributed by atoms with Gasteiger partial charge in [0.1, 0.15) is 0 Å². The summed E-state index contributed by atoms with van der Waals surface area (Å²) in [5.41, 5.74) is 9.04. The van der Waals surface area contributed by atoms with E-state index in [-0.39, 0.29) is 0 Å². The van der Waals surface area contributed by atoms with Gasteiger partial charge < -0.3 is 0 Å². The smallest absolute Gasteiger partial charge is 0.0987 e. The number of hydrogen-bond donors (Lipinski definition) is 0. The Labute approximate surface area is 130 Å². The highest BCUT2D eigenvalue weighted by Crippen LogP contribution is 2.32. The number of rotatable bonds is 2. The van der Waals surface area contributed by atoms with Crippen molar-refractivity contribution in [2.75, 3.05) is 0 Å². The van der Waals surface area contributed by atoms with Gasteiger partial charge in [0, 0.05) is 23.5 Å². The maximum Gasteiger partial charge on any atom is 0.0987 e. The fourth-order valence-corrected chi connectivity index (χ4v) is 2.79. The second kappa shape index (κ2) is 4.92. The number of benzene rings is 2. The normalized spacial score (nSPS) is 15.9. The van der Waals surface area contributed by atoms with Gasteiger partial charge in [-0.1, -0.05) is 59.7 Å². The topological polar surface area (TPSA) is 24.7 Å². The Bertz CT molecular complexity index is 785. The van der Waals surface area contributed by atoms with Crippen LogP contribution in [0.1, 0.15) is 22.3 Å². The van der Waals surface area contributed by atoms with Crippen molar-refractivity contribution < 1.29 is 0 Å². The van der Waals surface area contributed by atoms with Crippen molar-refractivity contribution in [2.45, 2.75) is 13.8 Å². The molecule has 2 nitrogen and oxygen atoms in total. The van der Waals surface area contributed by atoms with Crippen molar-refractivity contribution >= 4 is 22.6 Å². The lowest BCUT2D eigenvalue weighted by Gasteiger charge is -2.06. The fraction of sp³-hybridized carbons (Fsp3) is 0.100. The van der Waals surface area contributed by atoms with Crippen LogP contribution in [0, 0.1) is 13.8 Å². The molecule has 2 aliphatic heterocycles. The van der Waals surface area contributed by atoms with Crippen molar-refractivity contribution in [1.29, 1.82) is 0 Å². The predicted molar refractivity (Wildman–Crippen MR) is 93.2 cm³/mol. The van der Waals surface area contributed by atoms with Crippen molar-refractivity contribution in [3.63, 3.8) is 0 Å². The highest BCUT2D eigenvalue weighted by atomic mass is 14.9. The van der Waals surface area contributed by atoms with Gasteiger partial charge in [-0.25, -0.2) is 0 Å². The minimum atomic E-state index is 0.986. The molecule has 106 valence electrons. The molecular formula is C20H16N2. The third-order valence-electron chi connectivity index (χ3n) is 4.11. The quantitative estimate of drug-likeness (QED) is 0.770. The molecule has 0 N–H and O–H groups in total. The van der Waals surface area contributed by atoms with Gasteiger partial charge in [-0.3, -0.25) is 9.98 Å². The van der Waals surface area contributed by atoms with Gasteiger partial charge in [-0.15, -0.1) is 0 Å². The molecule has 0 fully saturated rings. The second-order valence-electron chi connectivity index (χ2n) is 5.77. The Kier molecular flexibility index (Phi) is 2.90. The van der Waals surface area contributed by atoms with Gasteiger partial charge in [0.15, 0.2) is 0 Å². The summed E-state index contributed by atoms with van der Waals surface area (Å²) in [4.78, 5) is 9.23. The zero-order valence-corrected chi connectivity index (χ0v) is 12.7. The number of aryl methyl sites for hydroxylation is 2. The molecule has 2 aromatic rings. The van der Waals surface area contributed by atoms with Crippen LogP contribution in [-0.2, 0) is 0 Å². The summed E-state index contributed by atoms with van der Waals surface area (Å²) in [5.74, 6) is 0. The molecule has 2 heteroatoms. The molecule has 0 aliphatic carbocycles. The van der Waals surface area contributed by atoms with Crippen molar-refractivity contribution in [2.24, 2.45) is 9.98 Å². The molecule has 2 aromatic carbocycles. The van der Waals surface area contributed by atoms with Crippen LogP contribution in [0.3, 0.4) is 0 Å². The van der Waals surface area contributed by atoms with Crippen LogP contribution < -0.4 is 0 Å². The van der Waals surface area contributed by atoms with E-state index in [0.717, 1.165) is 22.6 Å². The SMILES string of the molecule is Cc1ccc(C2=CN=C3C(c4ccc(C)cc4)=CN=C23)cc1. The Balaban J connectivity index is 1.64. The Hall–Kier alpha value is -2.74. The summed E-state index contributed by atoms with van der Waals surface area (Å²) in [7, 11) is 0. The molecule has 0 aromatic heterocycles. The monoisotopic (exact) mass is 284 g/mol. The molecule has 0 bridgehead atoms. The number of hydrogen-bond acceptors (Lipinski definition) is 2. The predicted octanol–water partition coefficient (Wildman–Crippen LogP) is 4.59. The molecule has 0 unspecified atom stereocenters. The van der Waals surface area contributed by atoms with E-state index in [1.54, 1.807) is 0 Å². The highest BCUT2D eigenvalue weighted by Gasteiger charge is 2.27. The first kappa shape index (κ1) is 13.0. The number of allylic oxidation sites excluding steroid dienone is 2. The third-order valence-corrected chi connectivity index (χ3v) is 4.11. The lowest BCUT2D eigenvalue weighted by atomic mass is 9.95. The van der Waals surface area contributed by atoms with E-state index in [1.165, 1.54) is 22.3 Å². The van der Waals surface area contributed by atoms with E-state index < -0.39 is 0 Å². The number of fused-ring (bicyclic) bond motifs is 1. The minimum absolute atomic E-state index is 0.986. The van der Waals surface area contributed by atoms with Crippen molar-refractivity contribution in [3.8, 4) is 0 Å². The van der Waals surface area contributed by atoms with Crippen molar-refractivity contribution in [3.05, 3.63) is 83.2 Å². The average molecular weight is 284 g/mol. The molecule has 0 spiro atoms. The van der Waals surface area contributed by atoms with Gasteiger partial charge in [-0.05, 0) is 25.0 Å². The van der Waals surface area contributed by atoms with Crippen LogP contribution in [0.25, 0.3) is 11.1 Å². The first-order chi connectivity index (χ1) is 10.7. The van der Waals surface area contributed by atoms with Gasteiger partial charge >= 0.3 is 0 Å². The molecule has 2 aliphatic rings. The average Bonchev–Trinajstić information content (AvgIpc) is 3.11. The molecule has 0 saturated carbocycles. The Morgan fingerprint density at radius 3 is 1.27 bits per heavy atom. The molecule has 0 amide bonds. The Morgan fingerprint density at radius 2 is 0.909 bits per heavy atom. The first-order valence-corrected chi connectivity index (χ1v) is 7.43. The van der Waals surface area contributed by atoms with E-state index in [0.29, 0.717) is 0 Å². The largest absolute Gasteiger partial charge is 0.253 e. The maximum atomic E-state index is 4.61. The second-order valence-corrected chi connectivity index (χ2v) is 5.77. The number of aliphatic imine (C=N–C) groups is 2. The summed E-state index contributed by atoms with van der Waals surface area (Å²) in [6.45, 7) is 4.19. The van der Waals surface area contributed by atoms with E-state index in [1.807, 2.05) is 12.4 Å². The van der Waals surface area contributed by atoms with Crippen molar-refractivity contribution in [1.82, 2.24) is 0 Å². The van der Waals surface area contributed by atoms with E-state index in [9.17, 15) is 0 Å². The van der Waals surface area contributed by atoms with E-state index in [2.05, 4.69) is 72.4 Å². The van der Waals surface area contributed by atoms with Crippen LogP contribution in [-0.4, -0.2) is 11.4 Å². The molecular weight excluding hydrogens is 268 g/mol. The lowest BCUT2D eigenvalue weighted by molar-refractivity contribution is 1.45. The highest BCUT2D eigenvalue weighted by molar-refractivity contribution is 6.71. The van der Waals surface area contributed by atoms with Crippen LogP contribution in [0.15, 0.2) is 70.9 Å². The molecule has 0 atom stereocenters. The summed E-state index contributed by atoms with van der Waals surface area (Å²) in [6.07, 6.45) is 3.86. The van der Waals surface area contributed by atoms with Crippen LogP contribution in [0.5, 0.6) is 0 Å². The summed E-state index contributed by atoms with van der Waals surface area (Å²) >= 11 is 0. The van der Waals surface area contributed by atoms with Gasteiger partial charge in [0.25, 0.3) is 0 Å². The molecule has 2 heterocycles. The first-order valence-electron chi connectivity index (χ1n) is 7.43. The molecule has 0 radical (unpaired) electrons. The standard InChI is InChI=1S/C20H16N2/c1-13-3-7-15(8-4-13)17-11-21-20-18(12-22-19(17)20)16-9-5-14(2)6-10-16/h3-12H,1-2H3. The lowest BCUT2D eigenvalue weighted by Crippen LogP contribution is -2.10. The molecule has 0 saturated heterocycles. The van der Waals surface area contributed by atoms with Gasteiger partial charge in [0.2, 0.25) is 0 Å². The summed E-state index contributed by atoms with van der Waals surface area (Å²) in [5, 5.41) is 0. The van der Waals surface area contributed by atoms with Crippen LogP contribution in [0.4, 0.5) is 0 Å².